The summed E-state index contributed by atoms with van der Waals surface area (Å²) in [5.74, 6) is 0.965. The molecule has 1 N–H and O–H groups in total. The van der Waals surface area contributed by atoms with Crippen molar-refractivity contribution < 1.29 is 9.47 Å². The molecule has 1 aliphatic heterocycles. The van der Waals surface area contributed by atoms with E-state index in [2.05, 4.69) is 24.4 Å². The minimum atomic E-state index is 0.439. The standard InChI is InChI=1S/C16H25NO2/c1-3-6-15-11-14(9-10-19-15)17-12-13-7-4-5-8-16(13)18-2/h4-5,7-8,14-15,17H,3,6,9-12H2,1-2H3. The van der Waals surface area contributed by atoms with E-state index in [1.807, 2.05) is 12.1 Å². The van der Waals surface area contributed by atoms with Gasteiger partial charge in [0.2, 0.25) is 0 Å². The van der Waals surface area contributed by atoms with Crippen molar-refractivity contribution in [2.75, 3.05) is 13.7 Å². The van der Waals surface area contributed by atoms with E-state index in [1.165, 1.54) is 18.4 Å². The highest BCUT2D eigenvalue weighted by molar-refractivity contribution is 5.33. The largest absolute Gasteiger partial charge is 0.496 e. The van der Waals surface area contributed by atoms with E-state index < -0.39 is 0 Å². The molecule has 19 heavy (non-hydrogen) atoms. The maximum Gasteiger partial charge on any atom is 0.123 e. The fraction of sp³-hybridized carbons (Fsp3) is 0.625. The molecule has 1 aromatic rings. The molecule has 2 unspecified atom stereocenters. The summed E-state index contributed by atoms with van der Waals surface area (Å²) in [5.41, 5.74) is 1.23. The highest BCUT2D eigenvalue weighted by atomic mass is 16.5. The van der Waals surface area contributed by atoms with Crippen LogP contribution in [-0.2, 0) is 11.3 Å². The smallest absolute Gasteiger partial charge is 0.123 e. The van der Waals surface area contributed by atoms with Gasteiger partial charge in [-0.25, -0.2) is 0 Å². The third kappa shape index (κ3) is 4.22. The van der Waals surface area contributed by atoms with Gasteiger partial charge < -0.3 is 14.8 Å². The van der Waals surface area contributed by atoms with Gasteiger partial charge in [-0.2, -0.15) is 0 Å². The number of hydrogen-bond donors (Lipinski definition) is 1. The molecule has 0 saturated carbocycles. The first-order valence-electron chi connectivity index (χ1n) is 7.30. The Morgan fingerprint density at radius 1 is 1.37 bits per heavy atom. The van der Waals surface area contributed by atoms with Crippen LogP contribution >= 0.6 is 0 Å². The number of rotatable bonds is 6. The first-order chi connectivity index (χ1) is 9.33. The lowest BCUT2D eigenvalue weighted by Gasteiger charge is -2.30. The molecule has 0 bridgehead atoms. The molecule has 2 atom stereocenters. The van der Waals surface area contributed by atoms with Gasteiger partial charge in [-0.1, -0.05) is 31.5 Å². The molecule has 1 aliphatic rings. The molecular weight excluding hydrogens is 238 g/mol. The zero-order valence-electron chi connectivity index (χ0n) is 12.0. The molecule has 3 nitrogen and oxygen atoms in total. The van der Waals surface area contributed by atoms with Crippen molar-refractivity contribution in [3.8, 4) is 5.75 Å². The molecular formula is C16H25NO2. The van der Waals surface area contributed by atoms with Crippen LogP contribution in [0, 0.1) is 0 Å². The van der Waals surface area contributed by atoms with E-state index in [4.69, 9.17) is 9.47 Å². The number of benzene rings is 1. The monoisotopic (exact) mass is 263 g/mol. The first-order valence-corrected chi connectivity index (χ1v) is 7.30. The Hall–Kier alpha value is -1.06. The normalized spacial score (nSPS) is 23.3. The van der Waals surface area contributed by atoms with Gasteiger partial charge in [0.05, 0.1) is 13.2 Å². The SMILES string of the molecule is CCCC1CC(NCc2ccccc2OC)CCO1. The predicted octanol–water partition coefficient (Wildman–Crippen LogP) is 3.13. The zero-order chi connectivity index (χ0) is 13.5. The van der Waals surface area contributed by atoms with Crippen molar-refractivity contribution >= 4 is 0 Å². The lowest BCUT2D eigenvalue weighted by atomic mass is 10.00. The van der Waals surface area contributed by atoms with Gasteiger partial charge >= 0.3 is 0 Å². The van der Waals surface area contributed by atoms with E-state index in [1.54, 1.807) is 7.11 Å². The fourth-order valence-electron chi connectivity index (χ4n) is 2.69. The van der Waals surface area contributed by atoms with Gasteiger partial charge in [0, 0.05) is 24.8 Å². The molecule has 3 heteroatoms. The summed E-state index contributed by atoms with van der Waals surface area (Å²) in [5, 5.41) is 3.64. The average Bonchev–Trinajstić information content (AvgIpc) is 2.46. The lowest BCUT2D eigenvalue weighted by Crippen LogP contribution is -2.38. The summed E-state index contributed by atoms with van der Waals surface area (Å²) < 4.78 is 11.2. The molecule has 1 aromatic carbocycles. The highest BCUT2D eigenvalue weighted by Gasteiger charge is 2.21. The van der Waals surface area contributed by atoms with Gasteiger partial charge in [0.25, 0.3) is 0 Å². The van der Waals surface area contributed by atoms with Crippen molar-refractivity contribution in [3.05, 3.63) is 29.8 Å². The molecule has 0 aliphatic carbocycles. The molecule has 106 valence electrons. The maximum absolute atomic E-state index is 5.78. The summed E-state index contributed by atoms with van der Waals surface area (Å²) in [6.45, 7) is 3.97. The van der Waals surface area contributed by atoms with Crippen molar-refractivity contribution in [2.45, 2.75) is 51.3 Å². The number of methoxy groups -OCH3 is 1. The third-order valence-electron chi connectivity index (χ3n) is 3.75. The van der Waals surface area contributed by atoms with Crippen molar-refractivity contribution in [1.82, 2.24) is 5.32 Å². The summed E-state index contributed by atoms with van der Waals surface area (Å²) in [6.07, 6.45) is 5.05. The Morgan fingerprint density at radius 3 is 3.00 bits per heavy atom. The highest BCUT2D eigenvalue weighted by Crippen LogP contribution is 2.20. The van der Waals surface area contributed by atoms with Crippen LogP contribution in [0.1, 0.15) is 38.2 Å². The van der Waals surface area contributed by atoms with Crippen LogP contribution in [-0.4, -0.2) is 25.9 Å². The Morgan fingerprint density at radius 2 is 2.21 bits per heavy atom. The van der Waals surface area contributed by atoms with Crippen molar-refractivity contribution in [1.29, 1.82) is 0 Å². The van der Waals surface area contributed by atoms with Gasteiger partial charge in [0.15, 0.2) is 0 Å². The van der Waals surface area contributed by atoms with Crippen LogP contribution < -0.4 is 10.1 Å². The Bertz CT molecular complexity index is 379. The summed E-state index contributed by atoms with van der Waals surface area (Å²) >= 11 is 0. The molecule has 0 amide bonds. The number of nitrogens with one attached hydrogen (secondary N) is 1. The number of para-hydroxylation sites is 1. The molecule has 0 spiro atoms. The number of hydrogen-bond acceptors (Lipinski definition) is 3. The molecule has 0 aromatic heterocycles. The molecule has 1 saturated heterocycles. The molecule has 1 heterocycles. The molecule has 2 rings (SSSR count). The minimum absolute atomic E-state index is 0.439. The first kappa shape index (κ1) is 14.4. The zero-order valence-corrected chi connectivity index (χ0v) is 12.0. The summed E-state index contributed by atoms with van der Waals surface area (Å²) in [4.78, 5) is 0. The van der Waals surface area contributed by atoms with Gasteiger partial charge in [-0.15, -0.1) is 0 Å². The van der Waals surface area contributed by atoms with E-state index in [-0.39, 0.29) is 0 Å². The number of ether oxygens (including phenoxy) is 2. The van der Waals surface area contributed by atoms with E-state index in [0.717, 1.165) is 31.7 Å². The van der Waals surface area contributed by atoms with E-state index in [0.29, 0.717) is 12.1 Å². The van der Waals surface area contributed by atoms with Gasteiger partial charge in [-0.3, -0.25) is 0 Å². The van der Waals surface area contributed by atoms with E-state index >= 15 is 0 Å². The van der Waals surface area contributed by atoms with Crippen LogP contribution in [0.4, 0.5) is 0 Å². The van der Waals surface area contributed by atoms with E-state index in [9.17, 15) is 0 Å². The maximum atomic E-state index is 5.78. The molecule has 0 radical (unpaired) electrons. The fourth-order valence-corrected chi connectivity index (χ4v) is 2.69. The summed E-state index contributed by atoms with van der Waals surface area (Å²) in [6, 6.07) is 8.77. The lowest BCUT2D eigenvalue weighted by molar-refractivity contribution is -0.00344. The van der Waals surface area contributed by atoms with Crippen molar-refractivity contribution in [2.24, 2.45) is 0 Å². The second kappa shape index (κ2) is 7.51. The van der Waals surface area contributed by atoms with Crippen LogP contribution in [0.5, 0.6) is 5.75 Å². The second-order valence-corrected chi connectivity index (χ2v) is 5.20. The second-order valence-electron chi connectivity index (χ2n) is 5.20. The summed E-state index contributed by atoms with van der Waals surface area (Å²) in [7, 11) is 1.73. The Kier molecular flexibility index (Phi) is 5.67. The van der Waals surface area contributed by atoms with Crippen molar-refractivity contribution in [3.63, 3.8) is 0 Å². The van der Waals surface area contributed by atoms with Crippen LogP contribution in [0.3, 0.4) is 0 Å². The van der Waals surface area contributed by atoms with Crippen LogP contribution in [0.25, 0.3) is 0 Å². The average molecular weight is 263 g/mol. The third-order valence-corrected chi connectivity index (χ3v) is 3.75. The Balaban J connectivity index is 1.84. The van der Waals surface area contributed by atoms with Crippen LogP contribution in [0.15, 0.2) is 24.3 Å². The van der Waals surface area contributed by atoms with Gasteiger partial charge in [0.1, 0.15) is 5.75 Å². The topological polar surface area (TPSA) is 30.5 Å². The van der Waals surface area contributed by atoms with Crippen LogP contribution in [0.2, 0.25) is 0 Å². The predicted molar refractivity (Wildman–Crippen MR) is 77.5 cm³/mol. The molecule has 1 fully saturated rings. The van der Waals surface area contributed by atoms with Gasteiger partial charge in [-0.05, 0) is 25.3 Å². The Labute approximate surface area is 116 Å². The quantitative estimate of drug-likeness (QED) is 0.855. The minimum Gasteiger partial charge on any atom is -0.496 e.